The van der Waals surface area contributed by atoms with E-state index in [1.54, 1.807) is 48.5 Å². The molecule has 0 aliphatic heterocycles. The van der Waals surface area contributed by atoms with Gasteiger partial charge in [-0.15, -0.1) is 0 Å². The average Bonchev–Trinajstić information content (AvgIpc) is 3.29. The Kier molecular flexibility index (Phi) is 6.64. The van der Waals surface area contributed by atoms with Crippen LogP contribution in [-0.4, -0.2) is 32.1 Å². The first-order valence-corrected chi connectivity index (χ1v) is 10.4. The smallest absolute Gasteiger partial charge is 0.328 e. The van der Waals surface area contributed by atoms with Crippen molar-refractivity contribution in [3.8, 4) is 33.9 Å². The summed E-state index contributed by atoms with van der Waals surface area (Å²) in [5.41, 5.74) is 3.69. The van der Waals surface area contributed by atoms with Crippen molar-refractivity contribution in [3.05, 3.63) is 102 Å². The first-order chi connectivity index (χ1) is 16.8. The zero-order valence-electron chi connectivity index (χ0n) is 18.1. The molecule has 0 amide bonds. The van der Waals surface area contributed by atoms with Crippen LogP contribution in [0.15, 0.2) is 78.9 Å². The minimum Gasteiger partial charge on any atom is -0.478 e. The summed E-state index contributed by atoms with van der Waals surface area (Å²) in [6.07, 6.45) is 4.97. The molecule has 174 valence electrons. The quantitative estimate of drug-likeness (QED) is 0.291. The molecule has 3 aromatic carbocycles. The van der Waals surface area contributed by atoms with Gasteiger partial charge in [0.1, 0.15) is 17.5 Å². The zero-order valence-corrected chi connectivity index (χ0v) is 18.1. The van der Waals surface area contributed by atoms with E-state index < -0.39 is 23.6 Å². The summed E-state index contributed by atoms with van der Waals surface area (Å²) in [6, 6.07) is 17.0. The number of halogens is 2. The minimum absolute atomic E-state index is 0.0282. The lowest BCUT2D eigenvalue weighted by Gasteiger charge is -2.05. The molecule has 0 saturated carbocycles. The molecule has 4 rings (SSSR count). The zero-order chi connectivity index (χ0) is 24.9. The van der Waals surface area contributed by atoms with Gasteiger partial charge in [-0.3, -0.25) is 0 Å². The second-order valence-corrected chi connectivity index (χ2v) is 7.52. The average molecular weight is 472 g/mol. The second-order valence-electron chi connectivity index (χ2n) is 7.52. The molecular formula is C27H18F2N2O4. The van der Waals surface area contributed by atoms with E-state index in [0.717, 1.165) is 30.4 Å². The van der Waals surface area contributed by atoms with E-state index in [-0.39, 0.29) is 11.4 Å². The molecule has 0 spiro atoms. The van der Waals surface area contributed by atoms with Crippen molar-refractivity contribution in [2.24, 2.45) is 0 Å². The summed E-state index contributed by atoms with van der Waals surface area (Å²) in [5.74, 6) is -3.23. The number of benzene rings is 3. The van der Waals surface area contributed by atoms with Gasteiger partial charge in [-0.2, -0.15) is 0 Å². The van der Waals surface area contributed by atoms with Gasteiger partial charge in [0.05, 0.1) is 17.0 Å². The lowest BCUT2D eigenvalue weighted by atomic mass is 10.0. The highest BCUT2D eigenvalue weighted by Gasteiger charge is 2.18. The number of hydrogen-bond donors (Lipinski definition) is 3. The maximum atomic E-state index is 14.5. The van der Waals surface area contributed by atoms with Crippen molar-refractivity contribution in [2.75, 3.05) is 0 Å². The van der Waals surface area contributed by atoms with Gasteiger partial charge >= 0.3 is 11.9 Å². The molecule has 6 nitrogen and oxygen atoms in total. The van der Waals surface area contributed by atoms with Crippen LogP contribution >= 0.6 is 0 Å². The van der Waals surface area contributed by atoms with Crippen LogP contribution < -0.4 is 0 Å². The molecule has 0 aliphatic carbocycles. The van der Waals surface area contributed by atoms with Crippen molar-refractivity contribution < 1.29 is 28.6 Å². The number of aliphatic carboxylic acids is 2. The number of aromatic nitrogens is 2. The van der Waals surface area contributed by atoms with Crippen molar-refractivity contribution in [2.45, 2.75) is 0 Å². The van der Waals surface area contributed by atoms with E-state index in [1.807, 2.05) is 0 Å². The highest BCUT2D eigenvalue weighted by atomic mass is 19.1. The van der Waals surface area contributed by atoms with Crippen LogP contribution in [0.1, 0.15) is 11.1 Å². The van der Waals surface area contributed by atoms with E-state index in [0.29, 0.717) is 33.6 Å². The Bertz CT molecular complexity index is 1370. The van der Waals surface area contributed by atoms with Crippen LogP contribution in [-0.2, 0) is 9.59 Å². The highest BCUT2D eigenvalue weighted by Crippen LogP contribution is 2.34. The molecule has 1 aromatic heterocycles. The lowest BCUT2D eigenvalue weighted by molar-refractivity contribution is -0.132. The molecule has 0 unspecified atom stereocenters. The van der Waals surface area contributed by atoms with Crippen molar-refractivity contribution in [3.63, 3.8) is 0 Å². The number of carboxylic acid groups (broad SMARTS) is 2. The number of H-pyrrole nitrogens is 1. The van der Waals surface area contributed by atoms with Crippen molar-refractivity contribution >= 4 is 24.1 Å². The van der Waals surface area contributed by atoms with Gasteiger partial charge in [0.15, 0.2) is 0 Å². The molecule has 1 heterocycles. The first kappa shape index (κ1) is 23.3. The number of carbonyl (C=O) groups is 2. The summed E-state index contributed by atoms with van der Waals surface area (Å²) in [5, 5.41) is 17.6. The topological polar surface area (TPSA) is 103 Å². The summed E-state index contributed by atoms with van der Waals surface area (Å²) >= 11 is 0. The van der Waals surface area contributed by atoms with E-state index in [4.69, 9.17) is 10.2 Å². The van der Waals surface area contributed by atoms with E-state index in [9.17, 15) is 18.4 Å². The van der Waals surface area contributed by atoms with Gasteiger partial charge in [0.2, 0.25) is 0 Å². The maximum absolute atomic E-state index is 14.5. The monoisotopic (exact) mass is 472 g/mol. The fraction of sp³-hybridized carbons (Fsp3) is 0. The largest absolute Gasteiger partial charge is 0.478 e. The lowest BCUT2D eigenvalue weighted by Crippen LogP contribution is -1.88. The SMILES string of the molecule is O=C(O)/C=C/c1ccc(-c2nc(-c3cc(F)ccc3F)[nH]c2-c2ccc(/C=C/C(=O)O)cc2)cc1. The number of nitrogens with zero attached hydrogens (tertiary/aromatic N) is 1. The summed E-state index contributed by atoms with van der Waals surface area (Å²) in [6.45, 7) is 0. The van der Waals surface area contributed by atoms with Gasteiger partial charge in [-0.1, -0.05) is 48.5 Å². The normalized spacial score (nSPS) is 11.4. The first-order valence-electron chi connectivity index (χ1n) is 10.4. The molecule has 8 heteroatoms. The Morgan fingerprint density at radius 3 is 1.86 bits per heavy atom. The third-order valence-corrected chi connectivity index (χ3v) is 5.11. The molecular weight excluding hydrogens is 454 g/mol. The second kappa shape index (κ2) is 9.96. The molecule has 35 heavy (non-hydrogen) atoms. The van der Waals surface area contributed by atoms with Crippen LogP contribution in [0.2, 0.25) is 0 Å². The van der Waals surface area contributed by atoms with E-state index in [1.165, 1.54) is 12.2 Å². The maximum Gasteiger partial charge on any atom is 0.328 e. The third kappa shape index (κ3) is 5.56. The van der Waals surface area contributed by atoms with Gasteiger partial charge in [0, 0.05) is 23.3 Å². The Labute approximate surface area is 198 Å². The van der Waals surface area contributed by atoms with Crippen molar-refractivity contribution in [1.29, 1.82) is 0 Å². The molecule has 3 N–H and O–H groups in total. The van der Waals surface area contributed by atoms with Crippen LogP contribution in [0.5, 0.6) is 0 Å². The Balaban J connectivity index is 1.80. The van der Waals surface area contributed by atoms with Crippen LogP contribution in [0.25, 0.3) is 46.1 Å². The fourth-order valence-electron chi connectivity index (χ4n) is 3.45. The highest BCUT2D eigenvalue weighted by molar-refractivity contribution is 5.87. The number of imidazole rings is 1. The fourth-order valence-corrected chi connectivity index (χ4v) is 3.45. The Morgan fingerprint density at radius 2 is 1.31 bits per heavy atom. The molecule has 0 aliphatic rings. The molecule has 0 radical (unpaired) electrons. The van der Waals surface area contributed by atoms with Gasteiger partial charge in [-0.05, 0) is 41.5 Å². The number of aromatic amines is 1. The van der Waals surface area contributed by atoms with Gasteiger partial charge in [-0.25, -0.2) is 23.4 Å². The summed E-state index contributed by atoms with van der Waals surface area (Å²) in [4.78, 5) is 29.1. The number of nitrogens with one attached hydrogen (secondary N) is 1. The Morgan fingerprint density at radius 1 is 0.771 bits per heavy atom. The number of rotatable bonds is 7. The van der Waals surface area contributed by atoms with Gasteiger partial charge in [0.25, 0.3) is 0 Å². The molecule has 0 atom stereocenters. The standard InChI is InChI=1S/C27H18F2N2O4/c28-20-11-12-22(29)21(15-20)27-30-25(18-7-1-16(2-8-18)5-13-23(32)33)26(31-27)19-9-3-17(4-10-19)6-14-24(34)35/h1-15H,(H,30,31)(H,32,33)(H,34,35)/b13-5+,14-6+. The van der Waals surface area contributed by atoms with Gasteiger partial charge < -0.3 is 15.2 Å². The predicted molar refractivity (Wildman–Crippen MR) is 128 cm³/mol. The van der Waals surface area contributed by atoms with Crippen LogP contribution in [0.3, 0.4) is 0 Å². The Hall–Kier alpha value is -4.85. The van der Waals surface area contributed by atoms with E-state index in [2.05, 4.69) is 9.97 Å². The predicted octanol–water partition coefficient (Wildman–Crippen LogP) is 5.88. The molecule has 0 bridgehead atoms. The number of carboxylic acids is 2. The number of hydrogen-bond acceptors (Lipinski definition) is 3. The molecule has 0 saturated heterocycles. The summed E-state index contributed by atoms with van der Waals surface area (Å²) < 4.78 is 28.3. The minimum atomic E-state index is -1.06. The van der Waals surface area contributed by atoms with Crippen molar-refractivity contribution in [1.82, 2.24) is 9.97 Å². The third-order valence-electron chi connectivity index (χ3n) is 5.11. The molecule has 0 fully saturated rings. The molecule has 4 aromatic rings. The summed E-state index contributed by atoms with van der Waals surface area (Å²) in [7, 11) is 0. The van der Waals surface area contributed by atoms with Crippen LogP contribution in [0.4, 0.5) is 8.78 Å². The van der Waals surface area contributed by atoms with Crippen LogP contribution in [0, 0.1) is 11.6 Å². The van der Waals surface area contributed by atoms with E-state index >= 15 is 0 Å².